The van der Waals surface area contributed by atoms with Crippen LogP contribution in [0, 0.1) is 0 Å². The highest BCUT2D eigenvalue weighted by Gasteiger charge is 2.10. The molecule has 1 aliphatic rings. The first kappa shape index (κ1) is 12.9. The summed E-state index contributed by atoms with van der Waals surface area (Å²) in [4.78, 5) is 13.2. The summed E-state index contributed by atoms with van der Waals surface area (Å²) in [5.41, 5.74) is 2.61. The molecule has 0 aromatic heterocycles. The summed E-state index contributed by atoms with van der Waals surface area (Å²) < 4.78 is 0. The van der Waals surface area contributed by atoms with E-state index in [1.54, 1.807) is 6.92 Å². The zero-order valence-corrected chi connectivity index (χ0v) is 11.1. The fraction of sp³-hybridized carbons (Fsp3) is 0.533. The van der Waals surface area contributed by atoms with Crippen molar-refractivity contribution in [2.45, 2.75) is 32.6 Å². The lowest BCUT2D eigenvalue weighted by atomic mass is 10.1. The topological polar surface area (TPSA) is 32.3 Å². The van der Waals surface area contributed by atoms with Gasteiger partial charge < -0.3 is 10.2 Å². The lowest BCUT2D eigenvalue weighted by Gasteiger charge is -2.28. The molecule has 1 aliphatic heterocycles. The van der Waals surface area contributed by atoms with E-state index in [1.165, 1.54) is 43.6 Å². The van der Waals surface area contributed by atoms with Crippen molar-refractivity contribution in [3.63, 3.8) is 0 Å². The van der Waals surface area contributed by atoms with Gasteiger partial charge in [0.25, 0.3) is 0 Å². The summed E-state index contributed by atoms with van der Waals surface area (Å²) in [6.07, 6.45) is 4.89. The van der Waals surface area contributed by atoms with Crippen LogP contribution in [-0.2, 0) is 11.2 Å². The highest BCUT2D eigenvalue weighted by atomic mass is 16.1. The third-order valence-electron chi connectivity index (χ3n) is 3.45. The number of nitrogens with one attached hydrogen (secondary N) is 1. The Hall–Kier alpha value is -1.51. The molecule has 0 radical (unpaired) electrons. The SMILES string of the molecule is CC(=O)NCCc1ccc(N2CCCCC2)cc1. The Bertz CT molecular complexity index is 380. The Labute approximate surface area is 109 Å². The molecule has 0 spiro atoms. The van der Waals surface area contributed by atoms with Crippen molar-refractivity contribution in [1.29, 1.82) is 0 Å². The van der Waals surface area contributed by atoms with Crippen LogP contribution in [0.25, 0.3) is 0 Å². The van der Waals surface area contributed by atoms with Crippen molar-refractivity contribution in [1.82, 2.24) is 5.32 Å². The van der Waals surface area contributed by atoms with Crippen molar-refractivity contribution in [2.75, 3.05) is 24.5 Å². The van der Waals surface area contributed by atoms with Crippen LogP contribution >= 0.6 is 0 Å². The van der Waals surface area contributed by atoms with Gasteiger partial charge in [0.1, 0.15) is 0 Å². The van der Waals surface area contributed by atoms with Crippen molar-refractivity contribution in [3.8, 4) is 0 Å². The molecule has 0 saturated carbocycles. The van der Waals surface area contributed by atoms with Gasteiger partial charge in [-0.25, -0.2) is 0 Å². The maximum absolute atomic E-state index is 10.8. The van der Waals surface area contributed by atoms with Gasteiger partial charge in [0.05, 0.1) is 0 Å². The van der Waals surface area contributed by atoms with Crippen LogP contribution in [0.5, 0.6) is 0 Å². The minimum atomic E-state index is 0.0416. The van der Waals surface area contributed by atoms with Gasteiger partial charge >= 0.3 is 0 Å². The molecule has 0 bridgehead atoms. The van der Waals surface area contributed by atoms with Gasteiger partial charge in [-0.1, -0.05) is 12.1 Å². The molecule has 2 rings (SSSR count). The molecule has 1 amide bonds. The van der Waals surface area contributed by atoms with Crippen LogP contribution in [0.1, 0.15) is 31.7 Å². The van der Waals surface area contributed by atoms with Crippen LogP contribution in [0.15, 0.2) is 24.3 Å². The summed E-state index contributed by atoms with van der Waals surface area (Å²) in [5.74, 6) is 0.0416. The van der Waals surface area contributed by atoms with Crippen LogP contribution in [-0.4, -0.2) is 25.5 Å². The van der Waals surface area contributed by atoms with Crippen LogP contribution in [0.4, 0.5) is 5.69 Å². The zero-order valence-electron chi connectivity index (χ0n) is 11.1. The van der Waals surface area contributed by atoms with Crippen LogP contribution in [0.2, 0.25) is 0 Å². The van der Waals surface area contributed by atoms with E-state index in [4.69, 9.17) is 0 Å². The summed E-state index contributed by atoms with van der Waals surface area (Å²) in [7, 11) is 0. The smallest absolute Gasteiger partial charge is 0.216 e. The Morgan fingerprint density at radius 3 is 2.44 bits per heavy atom. The fourth-order valence-electron chi connectivity index (χ4n) is 2.41. The molecule has 18 heavy (non-hydrogen) atoms. The maximum Gasteiger partial charge on any atom is 0.216 e. The molecule has 3 nitrogen and oxygen atoms in total. The maximum atomic E-state index is 10.8. The Morgan fingerprint density at radius 2 is 1.83 bits per heavy atom. The van der Waals surface area contributed by atoms with E-state index >= 15 is 0 Å². The molecule has 0 unspecified atom stereocenters. The number of carbonyl (C=O) groups excluding carboxylic acids is 1. The number of piperidine rings is 1. The molecule has 1 fully saturated rings. The summed E-state index contributed by atoms with van der Waals surface area (Å²) in [6.45, 7) is 4.65. The lowest BCUT2D eigenvalue weighted by molar-refractivity contribution is -0.118. The number of hydrogen-bond acceptors (Lipinski definition) is 2. The molecule has 3 heteroatoms. The highest BCUT2D eigenvalue weighted by molar-refractivity contribution is 5.72. The molecule has 1 heterocycles. The molecular formula is C15H22N2O. The van der Waals surface area contributed by atoms with Gasteiger partial charge in [0, 0.05) is 32.2 Å². The Balaban J connectivity index is 1.86. The molecule has 1 saturated heterocycles. The number of amides is 1. The monoisotopic (exact) mass is 246 g/mol. The summed E-state index contributed by atoms with van der Waals surface area (Å²) >= 11 is 0. The van der Waals surface area contributed by atoms with Gasteiger partial charge in [-0.2, -0.15) is 0 Å². The molecule has 1 aromatic rings. The molecule has 0 aliphatic carbocycles. The van der Waals surface area contributed by atoms with Crippen LogP contribution < -0.4 is 10.2 Å². The zero-order chi connectivity index (χ0) is 12.8. The second-order valence-corrected chi connectivity index (χ2v) is 4.95. The van der Waals surface area contributed by atoms with Gasteiger partial charge in [-0.3, -0.25) is 4.79 Å². The third-order valence-corrected chi connectivity index (χ3v) is 3.45. The Kier molecular flexibility index (Phi) is 4.62. The number of benzene rings is 1. The van der Waals surface area contributed by atoms with Crippen molar-refractivity contribution in [3.05, 3.63) is 29.8 Å². The van der Waals surface area contributed by atoms with E-state index in [0.29, 0.717) is 0 Å². The second kappa shape index (κ2) is 6.43. The first-order chi connectivity index (χ1) is 8.75. The number of rotatable bonds is 4. The largest absolute Gasteiger partial charge is 0.372 e. The predicted octanol–water partition coefficient (Wildman–Crippen LogP) is 2.36. The van der Waals surface area contributed by atoms with Gasteiger partial charge in [0.2, 0.25) is 5.91 Å². The van der Waals surface area contributed by atoms with Crippen molar-refractivity contribution >= 4 is 11.6 Å². The standard InChI is InChI=1S/C15H22N2O/c1-13(18)16-10-9-14-5-7-15(8-6-14)17-11-3-2-4-12-17/h5-8H,2-4,9-12H2,1H3,(H,16,18). The van der Waals surface area contributed by atoms with E-state index < -0.39 is 0 Å². The first-order valence-electron chi connectivity index (χ1n) is 6.84. The van der Waals surface area contributed by atoms with Gasteiger partial charge in [0.15, 0.2) is 0 Å². The highest BCUT2D eigenvalue weighted by Crippen LogP contribution is 2.20. The Morgan fingerprint density at radius 1 is 1.17 bits per heavy atom. The molecule has 1 N–H and O–H groups in total. The number of hydrogen-bond donors (Lipinski definition) is 1. The summed E-state index contributed by atoms with van der Waals surface area (Å²) in [5, 5.41) is 2.82. The van der Waals surface area contributed by atoms with Crippen molar-refractivity contribution in [2.24, 2.45) is 0 Å². The lowest BCUT2D eigenvalue weighted by Crippen LogP contribution is -2.29. The van der Waals surface area contributed by atoms with E-state index in [9.17, 15) is 4.79 Å². The first-order valence-corrected chi connectivity index (χ1v) is 6.84. The van der Waals surface area contributed by atoms with E-state index in [1.807, 2.05) is 0 Å². The molecule has 0 atom stereocenters. The average Bonchev–Trinajstić information content (AvgIpc) is 2.40. The van der Waals surface area contributed by atoms with Gasteiger partial charge in [-0.15, -0.1) is 0 Å². The normalized spacial score (nSPS) is 15.5. The quantitative estimate of drug-likeness (QED) is 0.884. The van der Waals surface area contributed by atoms with Crippen molar-refractivity contribution < 1.29 is 4.79 Å². The number of nitrogens with zero attached hydrogens (tertiary/aromatic N) is 1. The predicted molar refractivity (Wildman–Crippen MR) is 74.9 cm³/mol. The number of anilines is 1. The van der Waals surface area contributed by atoms with E-state index in [2.05, 4.69) is 34.5 Å². The third kappa shape index (κ3) is 3.76. The van der Waals surface area contributed by atoms with Gasteiger partial charge in [-0.05, 0) is 43.4 Å². The average molecular weight is 246 g/mol. The van der Waals surface area contributed by atoms with E-state index in [-0.39, 0.29) is 5.91 Å². The number of carbonyl (C=O) groups is 1. The van der Waals surface area contributed by atoms with E-state index in [0.717, 1.165) is 13.0 Å². The molecule has 98 valence electrons. The minimum absolute atomic E-state index is 0.0416. The molecule has 1 aromatic carbocycles. The van der Waals surface area contributed by atoms with Crippen LogP contribution in [0.3, 0.4) is 0 Å². The molecular weight excluding hydrogens is 224 g/mol. The fourth-order valence-corrected chi connectivity index (χ4v) is 2.41. The summed E-state index contributed by atoms with van der Waals surface area (Å²) in [6, 6.07) is 8.75. The minimum Gasteiger partial charge on any atom is -0.372 e. The second-order valence-electron chi connectivity index (χ2n) is 4.95.